The lowest BCUT2D eigenvalue weighted by atomic mass is 10.1. The van der Waals surface area contributed by atoms with Gasteiger partial charge in [0, 0.05) is 6.92 Å². The summed E-state index contributed by atoms with van der Waals surface area (Å²) in [5.41, 5.74) is 1.89. The van der Waals surface area contributed by atoms with Crippen LogP contribution in [-0.2, 0) is 0 Å². The van der Waals surface area contributed by atoms with Crippen LogP contribution in [0, 0.1) is 13.8 Å². The Morgan fingerprint density at radius 2 is 1.77 bits per heavy atom. The van der Waals surface area contributed by atoms with E-state index in [-0.39, 0.29) is 11.3 Å². The van der Waals surface area contributed by atoms with E-state index in [1.807, 2.05) is 32.0 Å². The molecule has 116 valence electrons. The maximum atomic E-state index is 11.0. The Hall–Kier alpha value is -2.69. The van der Waals surface area contributed by atoms with Crippen molar-refractivity contribution in [3.8, 4) is 17.2 Å². The molecule has 0 amide bonds. The Bertz CT molecular complexity index is 693. The second-order valence-corrected chi connectivity index (χ2v) is 5.03. The summed E-state index contributed by atoms with van der Waals surface area (Å²) in [6.45, 7) is 5.59. The van der Waals surface area contributed by atoms with E-state index in [1.54, 1.807) is 6.92 Å². The topological polar surface area (TPSA) is 76.0 Å². The Labute approximate surface area is 128 Å². The van der Waals surface area contributed by atoms with Gasteiger partial charge in [-0.1, -0.05) is 23.8 Å². The first-order valence-electron chi connectivity index (χ1n) is 6.84. The molecule has 0 saturated heterocycles. The molecule has 2 N–H and O–H groups in total. The average molecular weight is 302 g/mol. The number of phenols is 1. The minimum Gasteiger partial charge on any atom is -0.504 e. The number of ether oxygens (including phenoxy) is 2. The second-order valence-electron chi connectivity index (χ2n) is 5.03. The van der Waals surface area contributed by atoms with E-state index in [9.17, 15) is 9.90 Å². The second kappa shape index (κ2) is 6.39. The van der Waals surface area contributed by atoms with Crippen molar-refractivity contribution in [2.24, 2.45) is 0 Å². The zero-order valence-electron chi connectivity index (χ0n) is 12.7. The van der Waals surface area contributed by atoms with Gasteiger partial charge in [0.25, 0.3) is 0 Å². The van der Waals surface area contributed by atoms with Crippen LogP contribution in [0.1, 0.15) is 28.4 Å². The van der Waals surface area contributed by atoms with Crippen molar-refractivity contribution in [2.45, 2.75) is 27.1 Å². The van der Waals surface area contributed by atoms with Gasteiger partial charge in [-0.2, -0.15) is 0 Å². The van der Waals surface area contributed by atoms with Gasteiger partial charge in [-0.05, 0) is 37.6 Å². The van der Waals surface area contributed by atoms with Crippen molar-refractivity contribution in [2.75, 3.05) is 0 Å². The van der Waals surface area contributed by atoms with E-state index in [0.717, 1.165) is 11.1 Å². The van der Waals surface area contributed by atoms with Gasteiger partial charge in [0.05, 0.1) is 0 Å². The number of hydrogen-bond donors (Lipinski definition) is 2. The van der Waals surface area contributed by atoms with Gasteiger partial charge in [-0.15, -0.1) is 0 Å². The number of hydrogen-bond acceptors (Lipinski definition) is 4. The lowest BCUT2D eigenvalue weighted by Crippen LogP contribution is -2.20. The molecule has 1 atom stereocenters. The molecule has 5 nitrogen and oxygen atoms in total. The Morgan fingerprint density at radius 1 is 1.09 bits per heavy atom. The lowest BCUT2D eigenvalue weighted by Gasteiger charge is -2.19. The first-order valence-corrected chi connectivity index (χ1v) is 6.84. The third-order valence-corrected chi connectivity index (χ3v) is 3.15. The predicted octanol–water partition coefficient (Wildman–Crippen LogP) is 3.51. The monoisotopic (exact) mass is 302 g/mol. The molecule has 0 radical (unpaired) electrons. The lowest BCUT2D eigenvalue weighted by molar-refractivity contribution is 0.0195. The smallest absolute Gasteiger partial charge is 0.339 e. The van der Waals surface area contributed by atoms with Gasteiger partial charge in [0.15, 0.2) is 11.5 Å². The minimum atomic E-state index is -1.22. The molecule has 0 aliphatic heterocycles. The van der Waals surface area contributed by atoms with Gasteiger partial charge in [0.1, 0.15) is 11.3 Å². The molecule has 22 heavy (non-hydrogen) atoms. The molecular weight excluding hydrogens is 284 g/mol. The summed E-state index contributed by atoms with van der Waals surface area (Å²) in [7, 11) is 0. The summed E-state index contributed by atoms with van der Waals surface area (Å²) in [6, 6.07) is 10.1. The number of carboxylic acid groups (broad SMARTS) is 1. The number of aromatic hydroxyl groups is 1. The Balaban J connectivity index is 2.14. The highest BCUT2D eigenvalue weighted by Gasteiger charge is 2.16. The fourth-order valence-electron chi connectivity index (χ4n) is 2.10. The number of rotatable bonds is 5. The summed E-state index contributed by atoms with van der Waals surface area (Å²) < 4.78 is 11.2. The number of carboxylic acids is 1. The average Bonchev–Trinajstić information content (AvgIpc) is 2.44. The fraction of sp³-hybridized carbons (Fsp3) is 0.235. The van der Waals surface area contributed by atoms with Crippen LogP contribution in [0.5, 0.6) is 17.2 Å². The van der Waals surface area contributed by atoms with Gasteiger partial charge in [0.2, 0.25) is 6.29 Å². The molecule has 0 fully saturated rings. The highest BCUT2D eigenvalue weighted by atomic mass is 16.7. The maximum Gasteiger partial charge on any atom is 0.339 e. The first kappa shape index (κ1) is 15.7. The summed E-state index contributed by atoms with van der Waals surface area (Å²) in [5.74, 6) is -0.888. The van der Waals surface area contributed by atoms with E-state index in [4.69, 9.17) is 14.6 Å². The molecule has 0 aliphatic rings. The van der Waals surface area contributed by atoms with Crippen LogP contribution in [0.25, 0.3) is 0 Å². The van der Waals surface area contributed by atoms with Crippen molar-refractivity contribution in [3.05, 3.63) is 53.1 Å². The third-order valence-electron chi connectivity index (χ3n) is 3.15. The van der Waals surface area contributed by atoms with Crippen LogP contribution in [0.3, 0.4) is 0 Å². The summed E-state index contributed by atoms with van der Waals surface area (Å²) >= 11 is 0. The molecule has 1 unspecified atom stereocenters. The molecule has 0 heterocycles. The van der Waals surface area contributed by atoms with Crippen molar-refractivity contribution in [3.63, 3.8) is 0 Å². The van der Waals surface area contributed by atoms with Crippen molar-refractivity contribution in [1.82, 2.24) is 0 Å². The molecule has 2 aromatic carbocycles. The van der Waals surface area contributed by atoms with E-state index in [0.29, 0.717) is 5.75 Å². The van der Waals surface area contributed by atoms with Gasteiger partial charge in [-0.3, -0.25) is 0 Å². The molecule has 0 aliphatic carbocycles. The molecule has 0 saturated carbocycles. The highest BCUT2D eigenvalue weighted by Crippen LogP contribution is 2.31. The van der Waals surface area contributed by atoms with E-state index in [1.165, 1.54) is 18.2 Å². The number of carbonyl (C=O) groups is 1. The van der Waals surface area contributed by atoms with E-state index < -0.39 is 18.0 Å². The first-order chi connectivity index (χ1) is 10.4. The fourth-order valence-corrected chi connectivity index (χ4v) is 2.10. The number of aryl methyl sites for hydroxylation is 2. The summed E-state index contributed by atoms with van der Waals surface area (Å²) in [5, 5.41) is 18.9. The molecule has 2 rings (SSSR count). The quantitative estimate of drug-likeness (QED) is 0.827. The zero-order valence-corrected chi connectivity index (χ0v) is 12.7. The molecule has 0 aromatic heterocycles. The number of para-hydroxylation sites is 1. The maximum absolute atomic E-state index is 11.0. The standard InChI is InChI=1S/C17H18O5/c1-10-7-8-14(11(2)9-10)21-12(3)22-15-6-4-5-13(16(15)18)17(19)20/h4-9,12,18H,1-3H3,(H,19,20). The summed E-state index contributed by atoms with van der Waals surface area (Å²) in [4.78, 5) is 11.0. The van der Waals surface area contributed by atoms with Crippen LogP contribution in [0.4, 0.5) is 0 Å². The largest absolute Gasteiger partial charge is 0.504 e. The van der Waals surface area contributed by atoms with Gasteiger partial charge < -0.3 is 19.7 Å². The number of aromatic carboxylic acids is 1. The molecule has 0 bridgehead atoms. The van der Waals surface area contributed by atoms with Crippen LogP contribution in [0.15, 0.2) is 36.4 Å². The normalized spacial score (nSPS) is 11.8. The predicted molar refractivity (Wildman–Crippen MR) is 81.7 cm³/mol. The van der Waals surface area contributed by atoms with E-state index >= 15 is 0 Å². The van der Waals surface area contributed by atoms with Crippen molar-refractivity contribution in [1.29, 1.82) is 0 Å². The molecule has 2 aromatic rings. The molecule has 0 spiro atoms. The summed E-state index contributed by atoms with van der Waals surface area (Å²) in [6.07, 6.45) is -0.684. The highest BCUT2D eigenvalue weighted by molar-refractivity contribution is 5.91. The van der Waals surface area contributed by atoms with Crippen LogP contribution < -0.4 is 9.47 Å². The van der Waals surface area contributed by atoms with Crippen molar-refractivity contribution >= 4 is 5.97 Å². The zero-order chi connectivity index (χ0) is 16.3. The molecule has 5 heteroatoms. The van der Waals surface area contributed by atoms with Crippen LogP contribution in [-0.4, -0.2) is 22.5 Å². The van der Waals surface area contributed by atoms with Crippen LogP contribution in [0.2, 0.25) is 0 Å². The Kier molecular flexibility index (Phi) is 4.56. The molecular formula is C17H18O5. The van der Waals surface area contributed by atoms with Gasteiger partial charge in [-0.25, -0.2) is 4.79 Å². The van der Waals surface area contributed by atoms with Gasteiger partial charge >= 0.3 is 5.97 Å². The third kappa shape index (κ3) is 3.49. The SMILES string of the molecule is Cc1ccc(OC(C)Oc2cccc(C(=O)O)c2O)c(C)c1. The van der Waals surface area contributed by atoms with Crippen LogP contribution >= 0.6 is 0 Å². The number of benzene rings is 2. The van der Waals surface area contributed by atoms with E-state index in [2.05, 4.69) is 0 Å². The minimum absolute atomic E-state index is 0.0668. The van der Waals surface area contributed by atoms with Crippen molar-refractivity contribution < 1.29 is 24.5 Å². The Morgan fingerprint density at radius 3 is 2.41 bits per heavy atom.